The van der Waals surface area contributed by atoms with Crippen molar-refractivity contribution in [2.45, 2.75) is 31.7 Å². The largest absolute Gasteiger partial charge is 0.312 e. The van der Waals surface area contributed by atoms with Gasteiger partial charge in [-0.15, -0.1) is 0 Å². The molecule has 1 aromatic rings. The number of benzene rings is 1. The molecular weight excluding hydrogens is 227 g/mol. The lowest BCUT2D eigenvalue weighted by Gasteiger charge is -2.11. The zero-order chi connectivity index (χ0) is 12.3. The molecule has 0 spiro atoms. The van der Waals surface area contributed by atoms with Crippen LogP contribution < -0.4 is 5.32 Å². The first-order valence-corrected chi connectivity index (χ1v) is 5.88. The van der Waals surface area contributed by atoms with Gasteiger partial charge in [0.2, 0.25) is 5.92 Å². The van der Waals surface area contributed by atoms with Gasteiger partial charge in [-0.3, -0.25) is 0 Å². The summed E-state index contributed by atoms with van der Waals surface area (Å²) in [5.41, 5.74) is 0.842. The molecule has 1 atom stereocenters. The van der Waals surface area contributed by atoms with Crippen LogP contribution in [0.1, 0.15) is 24.8 Å². The molecule has 1 nitrogen and oxygen atoms in total. The summed E-state index contributed by atoms with van der Waals surface area (Å²) in [4.78, 5) is 0. The van der Waals surface area contributed by atoms with Crippen molar-refractivity contribution in [3.8, 4) is 0 Å². The molecule has 1 fully saturated rings. The average Bonchev–Trinajstić information content (AvgIpc) is 2.58. The van der Waals surface area contributed by atoms with Crippen molar-refractivity contribution in [3.05, 3.63) is 35.6 Å². The molecule has 0 bridgehead atoms. The molecule has 4 heteroatoms. The molecule has 1 aromatic carbocycles. The minimum absolute atomic E-state index is 0.000683. The lowest BCUT2D eigenvalue weighted by Crippen LogP contribution is -2.22. The molecular formula is C13H16F3N. The number of hydrogen-bond acceptors (Lipinski definition) is 1. The second-order valence-electron chi connectivity index (χ2n) is 4.73. The molecule has 94 valence electrons. The van der Waals surface area contributed by atoms with Crippen LogP contribution in [-0.2, 0) is 6.54 Å². The Labute approximate surface area is 99.0 Å². The van der Waals surface area contributed by atoms with Gasteiger partial charge in [0.15, 0.2) is 0 Å². The number of rotatable bonds is 4. The lowest BCUT2D eigenvalue weighted by atomic mass is 10.1. The smallest absolute Gasteiger partial charge is 0.248 e. The molecule has 1 saturated carbocycles. The van der Waals surface area contributed by atoms with Crippen LogP contribution in [0.3, 0.4) is 0 Å². The number of alkyl halides is 2. The summed E-state index contributed by atoms with van der Waals surface area (Å²) in [5, 5.41) is 3.11. The molecule has 17 heavy (non-hydrogen) atoms. The van der Waals surface area contributed by atoms with Gasteiger partial charge in [0.05, 0.1) is 0 Å². The predicted octanol–water partition coefficient (Wildman–Crippen LogP) is 3.35. The molecule has 0 saturated heterocycles. The monoisotopic (exact) mass is 243 g/mol. The molecule has 1 N–H and O–H groups in total. The number of halogens is 3. The van der Waals surface area contributed by atoms with E-state index in [9.17, 15) is 13.2 Å². The fourth-order valence-electron chi connectivity index (χ4n) is 2.28. The van der Waals surface area contributed by atoms with E-state index in [0.29, 0.717) is 19.5 Å². The van der Waals surface area contributed by atoms with Crippen LogP contribution in [-0.4, -0.2) is 12.5 Å². The van der Waals surface area contributed by atoms with Gasteiger partial charge in [0.1, 0.15) is 5.82 Å². The van der Waals surface area contributed by atoms with Crippen LogP contribution >= 0.6 is 0 Å². The second-order valence-corrected chi connectivity index (χ2v) is 4.73. The molecule has 1 aliphatic carbocycles. The summed E-state index contributed by atoms with van der Waals surface area (Å²) < 4.78 is 38.7. The standard InChI is InChI=1S/C13H16F3N/c14-12-3-1-2-10(6-12)8-17-9-11-4-5-13(15,16)7-11/h1-3,6,11,17H,4-5,7-9H2. The van der Waals surface area contributed by atoms with Gasteiger partial charge < -0.3 is 5.32 Å². The molecule has 1 unspecified atom stereocenters. The molecule has 0 heterocycles. The summed E-state index contributed by atoms with van der Waals surface area (Å²) in [7, 11) is 0. The Morgan fingerprint density at radius 3 is 2.82 bits per heavy atom. The van der Waals surface area contributed by atoms with Crippen molar-refractivity contribution >= 4 is 0 Å². The zero-order valence-electron chi connectivity index (χ0n) is 9.56. The molecule has 0 radical (unpaired) electrons. The molecule has 0 aromatic heterocycles. The van der Waals surface area contributed by atoms with Crippen LogP contribution in [0.25, 0.3) is 0 Å². The Kier molecular flexibility index (Phi) is 3.72. The van der Waals surface area contributed by atoms with Crippen molar-refractivity contribution in [2.75, 3.05) is 6.54 Å². The topological polar surface area (TPSA) is 12.0 Å². The minimum Gasteiger partial charge on any atom is -0.312 e. The summed E-state index contributed by atoms with van der Waals surface area (Å²) in [6.07, 6.45) is 0.547. The van der Waals surface area contributed by atoms with Crippen molar-refractivity contribution < 1.29 is 13.2 Å². The predicted molar refractivity (Wildman–Crippen MR) is 60.4 cm³/mol. The first-order valence-electron chi connectivity index (χ1n) is 5.88. The van der Waals surface area contributed by atoms with Crippen molar-refractivity contribution in [1.82, 2.24) is 5.32 Å². The highest BCUT2D eigenvalue weighted by molar-refractivity contribution is 5.15. The summed E-state index contributed by atoms with van der Waals surface area (Å²) in [5.74, 6) is -2.71. The molecule has 2 rings (SSSR count). The minimum atomic E-state index is -2.48. The van der Waals surface area contributed by atoms with E-state index in [1.165, 1.54) is 12.1 Å². The zero-order valence-corrected chi connectivity index (χ0v) is 9.56. The van der Waals surface area contributed by atoms with E-state index in [-0.39, 0.29) is 24.6 Å². The van der Waals surface area contributed by atoms with E-state index >= 15 is 0 Å². The number of nitrogens with one attached hydrogen (secondary N) is 1. The van der Waals surface area contributed by atoms with E-state index in [1.54, 1.807) is 6.07 Å². The highest BCUT2D eigenvalue weighted by Crippen LogP contribution is 2.38. The Balaban J connectivity index is 1.73. The van der Waals surface area contributed by atoms with E-state index in [2.05, 4.69) is 5.32 Å². The molecule has 1 aliphatic rings. The van der Waals surface area contributed by atoms with Gasteiger partial charge in [0.25, 0.3) is 0 Å². The normalized spacial score (nSPS) is 22.9. The van der Waals surface area contributed by atoms with Crippen LogP contribution in [0.2, 0.25) is 0 Å². The van der Waals surface area contributed by atoms with Crippen molar-refractivity contribution in [1.29, 1.82) is 0 Å². The van der Waals surface area contributed by atoms with E-state index in [4.69, 9.17) is 0 Å². The molecule has 0 aliphatic heterocycles. The van der Waals surface area contributed by atoms with Crippen LogP contribution in [0.4, 0.5) is 13.2 Å². The third kappa shape index (κ3) is 3.73. The van der Waals surface area contributed by atoms with Gasteiger partial charge >= 0.3 is 0 Å². The van der Waals surface area contributed by atoms with Crippen LogP contribution in [0, 0.1) is 11.7 Å². The van der Waals surface area contributed by atoms with Crippen molar-refractivity contribution in [3.63, 3.8) is 0 Å². The van der Waals surface area contributed by atoms with Gasteiger partial charge in [-0.25, -0.2) is 13.2 Å². The molecule has 0 amide bonds. The first-order chi connectivity index (χ1) is 8.05. The Hall–Kier alpha value is -1.03. The average molecular weight is 243 g/mol. The number of hydrogen-bond donors (Lipinski definition) is 1. The third-order valence-electron chi connectivity index (χ3n) is 3.16. The maximum atomic E-state index is 12.9. The van der Waals surface area contributed by atoms with E-state index < -0.39 is 5.92 Å². The first kappa shape index (κ1) is 12.4. The highest BCUT2D eigenvalue weighted by atomic mass is 19.3. The third-order valence-corrected chi connectivity index (χ3v) is 3.16. The van der Waals surface area contributed by atoms with Gasteiger partial charge in [0, 0.05) is 19.4 Å². The fourth-order valence-corrected chi connectivity index (χ4v) is 2.28. The summed E-state index contributed by atoms with van der Waals surface area (Å²) in [6, 6.07) is 6.31. The maximum Gasteiger partial charge on any atom is 0.248 e. The fraction of sp³-hybridized carbons (Fsp3) is 0.538. The highest BCUT2D eigenvalue weighted by Gasteiger charge is 2.38. The lowest BCUT2D eigenvalue weighted by molar-refractivity contribution is 0.00508. The summed E-state index contributed by atoms with van der Waals surface area (Å²) in [6.45, 7) is 1.10. The second kappa shape index (κ2) is 5.08. The van der Waals surface area contributed by atoms with E-state index in [1.807, 2.05) is 6.07 Å². The van der Waals surface area contributed by atoms with Crippen LogP contribution in [0.5, 0.6) is 0 Å². The van der Waals surface area contributed by atoms with Gasteiger partial charge in [-0.05, 0) is 36.6 Å². The SMILES string of the molecule is Fc1cccc(CNCC2CCC(F)(F)C2)c1. The van der Waals surface area contributed by atoms with Gasteiger partial charge in [-0.1, -0.05) is 12.1 Å². The quantitative estimate of drug-likeness (QED) is 0.855. The Bertz CT molecular complexity index is 379. The van der Waals surface area contributed by atoms with Crippen molar-refractivity contribution in [2.24, 2.45) is 5.92 Å². The Morgan fingerprint density at radius 2 is 2.18 bits per heavy atom. The summed E-state index contributed by atoms with van der Waals surface area (Å²) >= 11 is 0. The van der Waals surface area contributed by atoms with Gasteiger partial charge in [-0.2, -0.15) is 0 Å². The van der Waals surface area contributed by atoms with Crippen LogP contribution in [0.15, 0.2) is 24.3 Å². The maximum absolute atomic E-state index is 12.9. The van der Waals surface area contributed by atoms with E-state index in [0.717, 1.165) is 5.56 Å². The Morgan fingerprint density at radius 1 is 1.35 bits per heavy atom.